The van der Waals surface area contributed by atoms with Gasteiger partial charge in [0, 0.05) is 39.1 Å². The first-order valence-corrected chi connectivity index (χ1v) is 7.45. The molecule has 2 N–H and O–H groups in total. The Morgan fingerprint density at radius 3 is 2.24 bits per heavy atom. The number of nitrogens with zero attached hydrogens (tertiary/aromatic N) is 2. The molecule has 2 atom stereocenters. The molecule has 0 radical (unpaired) electrons. The molecule has 2 amide bonds. The third-order valence-electron chi connectivity index (χ3n) is 4.46. The van der Waals surface area contributed by atoms with Gasteiger partial charge >= 0.3 is 5.97 Å². The van der Waals surface area contributed by atoms with Gasteiger partial charge in [0.1, 0.15) is 0 Å². The Balaban J connectivity index is 1.78. The van der Waals surface area contributed by atoms with Gasteiger partial charge in [0.05, 0.1) is 12.5 Å². The Labute approximate surface area is 124 Å². The molecule has 0 bridgehead atoms. The van der Waals surface area contributed by atoms with Crippen LogP contribution in [0.4, 0.5) is 0 Å². The molecule has 1 saturated carbocycles. The van der Waals surface area contributed by atoms with Gasteiger partial charge in [-0.25, -0.2) is 0 Å². The van der Waals surface area contributed by atoms with Gasteiger partial charge in [-0.05, 0) is 19.3 Å². The van der Waals surface area contributed by atoms with Crippen LogP contribution in [0.25, 0.3) is 0 Å². The van der Waals surface area contributed by atoms with Crippen molar-refractivity contribution in [2.24, 2.45) is 11.8 Å². The van der Waals surface area contributed by atoms with Gasteiger partial charge in [0.15, 0.2) is 0 Å². The zero-order chi connectivity index (χ0) is 15.4. The van der Waals surface area contributed by atoms with Crippen molar-refractivity contribution in [3.8, 4) is 0 Å². The SMILES string of the molecule is CNC(=O)CN1CCN(C(=O)[C@@H]2CC[C@H](C(=O)O)C2)CC1. The lowest BCUT2D eigenvalue weighted by molar-refractivity contribution is -0.141. The summed E-state index contributed by atoms with van der Waals surface area (Å²) in [7, 11) is 1.61. The Morgan fingerprint density at radius 1 is 1.10 bits per heavy atom. The minimum atomic E-state index is -0.791. The monoisotopic (exact) mass is 297 g/mol. The molecule has 21 heavy (non-hydrogen) atoms. The number of carboxylic acids is 1. The second kappa shape index (κ2) is 6.89. The fourth-order valence-corrected chi connectivity index (χ4v) is 3.10. The van der Waals surface area contributed by atoms with Gasteiger partial charge in [-0.15, -0.1) is 0 Å². The van der Waals surface area contributed by atoms with Crippen molar-refractivity contribution < 1.29 is 19.5 Å². The summed E-state index contributed by atoms with van der Waals surface area (Å²) in [5.74, 6) is -1.24. The highest BCUT2D eigenvalue weighted by molar-refractivity contribution is 5.81. The molecule has 118 valence electrons. The van der Waals surface area contributed by atoms with Crippen LogP contribution in [-0.4, -0.2) is 72.5 Å². The van der Waals surface area contributed by atoms with Crippen molar-refractivity contribution >= 4 is 17.8 Å². The smallest absolute Gasteiger partial charge is 0.306 e. The molecule has 0 aromatic heterocycles. The van der Waals surface area contributed by atoms with Crippen molar-refractivity contribution in [1.29, 1.82) is 0 Å². The van der Waals surface area contributed by atoms with E-state index in [-0.39, 0.29) is 23.7 Å². The molecular weight excluding hydrogens is 274 g/mol. The second-order valence-corrected chi connectivity index (χ2v) is 5.82. The number of nitrogens with one attached hydrogen (secondary N) is 1. The van der Waals surface area contributed by atoms with E-state index in [9.17, 15) is 14.4 Å². The molecule has 2 rings (SSSR count). The number of likely N-dealkylation sites (N-methyl/N-ethyl adjacent to an activating group) is 1. The summed E-state index contributed by atoms with van der Waals surface area (Å²) in [6, 6.07) is 0. The summed E-state index contributed by atoms with van der Waals surface area (Å²) >= 11 is 0. The van der Waals surface area contributed by atoms with E-state index in [1.807, 2.05) is 9.80 Å². The van der Waals surface area contributed by atoms with Crippen molar-refractivity contribution in [3.63, 3.8) is 0 Å². The van der Waals surface area contributed by atoms with Crippen LogP contribution in [0.3, 0.4) is 0 Å². The molecular formula is C14H23N3O4. The highest BCUT2D eigenvalue weighted by atomic mass is 16.4. The quantitative estimate of drug-likeness (QED) is 0.721. The van der Waals surface area contributed by atoms with Gasteiger partial charge in [0.2, 0.25) is 11.8 Å². The summed E-state index contributed by atoms with van der Waals surface area (Å²) < 4.78 is 0. The Kier molecular flexibility index (Phi) is 5.17. The molecule has 1 aliphatic carbocycles. The van der Waals surface area contributed by atoms with E-state index >= 15 is 0 Å². The largest absolute Gasteiger partial charge is 0.481 e. The average molecular weight is 297 g/mol. The summed E-state index contributed by atoms with van der Waals surface area (Å²) in [5.41, 5.74) is 0. The summed E-state index contributed by atoms with van der Waals surface area (Å²) in [6.07, 6.45) is 1.74. The summed E-state index contributed by atoms with van der Waals surface area (Å²) in [6.45, 7) is 2.97. The molecule has 0 aromatic rings. The Bertz CT molecular complexity index is 418. The molecule has 1 heterocycles. The van der Waals surface area contributed by atoms with Crippen molar-refractivity contribution in [2.45, 2.75) is 19.3 Å². The third kappa shape index (κ3) is 3.93. The van der Waals surface area contributed by atoms with E-state index in [4.69, 9.17) is 5.11 Å². The molecule has 0 unspecified atom stereocenters. The number of aliphatic carboxylic acids is 1. The van der Waals surface area contributed by atoms with Crippen LogP contribution in [0.1, 0.15) is 19.3 Å². The fraction of sp³-hybridized carbons (Fsp3) is 0.786. The number of rotatable bonds is 4. The number of carbonyl (C=O) groups is 3. The van der Waals surface area contributed by atoms with Gasteiger partial charge in [-0.2, -0.15) is 0 Å². The number of piperazine rings is 1. The number of amides is 2. The van der Waals surface area contributed by atoms with Gasteiger partial charge in [0.25, 0.3) is 0 Å². The maximum Gasteiger partial charge on any atom is 0.306 e. The number of hydrogen-bond acceptors (Lipinski definition) is 4. The standard InChI is InChI=1S/C14H23N3O4/c1-15-12(18)9-16-4-6-17(7-5-16)13(19)10-2-3-11(8-10)14(20)21/h10-11H,2-9H2,1H3,(H,15,18)(H,20,21)/t10-,11+/m1/s1. The normalized spacial score (nSPS) is 26.6. The molecule has 7 heteroatoms. The van der Waals surface area contributed by atoms with E-state index in [2.05, 4.69) is 5.32 Å². The average Bonchev–Trinajstić information content (AvgIpc) is 2.97. The molecule has 0 aromatic carbocycles. The lowest BCUT2D eigenvalue weighted by Gasteiger charge is -2.35. The fourth-order valence-electron chi connectivity index (χ4n) is 3.10. The van der Waals surface area contributed by atoms with Crippen LogP contribution in [0, 0.1) is 11.8 Å². The van der Waals surface area contributed by atoms with E-state index < -0.39 is 5.97 Å². The minimum absolute atomic E-state index is 0.0186. The van der Waals surface area contributed by atoms with Crippen LogP contribution in [-0.2, 0) is 14.4 Å². The lowest BCUT2D eigenvalue weighted by atomic mass is 10.0. The van der Waals surface area contributed by atoms with E-state index in [1.165, 1.54) is 0 Å². The minimum Gasteiger partial charge on any atom is -0.481 e. The first-order valence-electron chi connectivity index (χ1n) is 7.45. The second-order valence-electron chi connectivity index (χ2n) is 5.82. The number of hydrogen-bond donors (Lipinski definition) is 2. The zero-order valence-electron chi connectivity index (χ0n) is 12.4. The van der Waals surface area contributed by atoms with Crippen LogP contribution < -0.4 is 5.32 Å². The molecule has 2 fully saturated rings. The predicted octanol–water partition coefficient (Wildman–Crippen LogP) is -0.622. The highest BCUT2D eigenvalue weighted by Gasteiger charge is 2.36. The van der Waals surface area contributed by atoms with Crippen molar-refractivity contribution in [3.05, 3.63) is 0 Å². The molecule has 2 aliphatic rings. The summed E-state index contributed by atoms with van der Waals surface area (Å²) in [4.78, 5) is 38.5. The van der Waals surface area contributed by atoms with Gasteiger partial charge < -0.3 is 15.3 Å². The van der Waals surface area contributed by atoms with Crippen LogP contribution >= 0.6 is 0 Å². The predicted molar refractivity (Wildman–Crippen MR) is 75.6 cm³/mol. The van der Waals surface area contributed by atoms with E-state index in [0.29, 0.717) is 52.0 Å². The van der Waals surface area contributed by atoms with E-state index in [0.717, 1.165) is 0 Å². The first-order chi connectivity index (χ1) is 10.0. The zero-order valence-corrected chi connectivity index (χ0v) is 12.4. The summed E-state index contributed by atoms with van der Waals surface area (Å²) in [5, 5.41) is 11.6. The van der Waals surface area contributed by atoms with Gasteiger partial charge in [-0.3, -0.25) is 19.3 Å². The molecule has 7 nitrogen and oxygen atoms in total. The van der Waals surface area contributed by atoms with Crippen molar-refractivity contribution in [2.75, 3.05) is 39.8 Å². The van der Waals surface area contributed by atoms with Crippen LogP contribution in [0.5, 0.6) is 0 Å². The first kappa shape index (κ1) is 15.8. The van der Waals surface area contributed by atoms with Gasteiger partial charge in [-0.1, -0.05) is 0 Å². The number of carbonyl (C=O) groups excluding carboxylic acids is 2. The van der Waals surface area contributed by atoms with Crippen molar-refractivity contribution in [1.82, 2.24) is 15.1 Å². The lowest BCUT2D eigenvalue weighted by Crippen LogP contribution is -2.52. The topological polar surface area (TPSA) is 90.0 Å². The molecule has 1 saturated heterocycles. The Hall–Kier alpha value is -1.63. The molecule has 1 aliphatic heterocycles. The Morgan fingerprint density at radius 2 is 1.71 bits per heavy atom. The third-order valence-corrected chi connectivity index (χ3v) is 4.46. The number of carboxylic acid groups (broad SMARTS) is 1. The maximum atomic E-state index is 12.4. The van der Waals surface area contributed by atoms with Crippen LogP contribution in [0.2, 0.25) is 0 Å². The van der Waals surface area contributed by atoms with Crippen LogP contribution in [0.15, 0.2) is 0 Å². The van der Waals surface area contributed by atoms with E-state index in [1.54, 1.807) is 7.05 Å². The highest BCUT2D eigenvalue weighted by Crippen LogP contribution is 2.32. The maximum absolute atomic E-state index is 12.4. The molecule has 0 spiro atoms.